The third kappa shape index (κ3) is 5.69. The van der Waals surface area contributed by atoms with Crippen molar-refractivity contribution in [1.82, 2.24) is 10.2 Å². The predicted molar refractivity (Wildman–Crippen MR) is 99.5 cm³/mol. The highest BCUT2D eigenvalue weighted by Crippen LogP contribution is 2.32. The number of hydrogen-bond acceptors (Lipinski definition) is 6. The number of nitrogens with zero attached hydrogens (tertiary/aromatic N) is 2. The summed E-state index contributed by atoms with van der Waals surface area (Å²) in [6.07, 6.45) is 0. The number of thioether (sulfide) groups is 1. The molecule has 2 N–H and O–H groups in total. The van der Waals surface area contributed by atoms with Crippen LogP contribution >= 0.6 is 57.9 Å². The van der Waals surface area contributed by atoms with E-state index >= 15 is 0 Å². The Morgan fingerprint density at radius 3 is 2.61 bits per heavy atom. The molecule has 1 aromatic carbocycles. The van der Waals surface area contributed by atoms with E-state index < -0.39 is 0 Å². The number of benzene rings is 1. The van der Waals surface area contributed by atoms with Gasteiger partial charge in [0.1, 0.15) is 0 Å². The fraction of sp³-hybridized carbons (Fsp3) is 0.308. The monoisotopic (exact) mass is 410 g/mol. The lowest BCUT2D eigenvalue weighted by Gasteiger charge is -2.08. The summed E-state index contributed by atoms with van der Waals surface area (Å²) in [7, 11) is 0. The summed E-state index contributed by atoms with van der Waals surface area (Å²) in [6.45, 7) is 4.03. The van der Waals surface area contributed by atoms with Crippen LogP contribution in [0.25, 0.3) is 0 Å². The SMILES string of the molecule is CC(C)Nc1nnc(SCC(=O)Nc2cc(Cl)c(Cl)cc2Cl)s1. The van der Waals surface area contributed by atoms with E-state index in [1.54, 1.807) is 0 Å². The predicted octanol–water partition coefficient (Wildman–Crippen LogP) is 5.05. The average molecular weight is 412 g/mol. The molecule has 2 aromatic rings. The number of hydrogen-bond donors (Lipinski definition) is 2. The second-order valence-corrected chi connectivity index (χ2v) is 8.18. The van der Waals surface area contributed by atoms with Gasteiger partial charge < -0.3 is 10.6 Å². The lowest BCUT2D eigenvalue weighted by molar-refractivity contribution is -0.113. The van der Waals surface area contributed by atoms with Gasteiger partial charge >= 0.3 is 0 Å². The lowest BCUT2D eigenvalue weighted by atomic mass is 10.3. The molecule has 1 aromatic heterocycles. The van der Waals surface area contributed by atoms with Crippen molar-refractivity contribution in [3.8, 4) is 0 Å². The molecule has 5 nitrogen and oxygen atoms in total. The van der Waals surface area contributed by atoms with Gasteiger partial charge in [-0.15, -0.1) is 10.2 Å². The summed E-state index contributed by atoms with van der Waals surface area (Å²) in [5.41, 5.74) is 0.422. The standard InChI is InChI=1S/C13H13Cl3N4OS2/c1-6(2)17-12-19-20-13(23-12)22-5-11(21)18-10-4-8(15)7(14)3-9(10)16/h3-4,6H,5H2,1-2H3,(H,17,19)(H,18,21). The van der Waals surface area contributed by atoms with Gasteiger partial charge in [0.2, 0.25) is 11.0 Å². The van der Waals surface area contributed by atoms with Gasteiger partial charge in [-0.25, -0.2) is 0 Å². The Bertz CT molecular complexity index is 709. The fourth-order valence-electron chi connectivity index (χ4n) is 1.51. The minimum absolute atomic E-state index is 0.187. The highest BCUT2D eigenvalue weighted by molar-refractivity contribution is 8.01. The zero-order valence-electron chi connectivity index (χ0n) is 12.2. The van der Waals surface area contributed by atoms with E-state index in [2.05, 4.69) is 20.8 Å². The minimum Gasteiger partial charge on any atom is -0.358 e. The Kier molecular flexibility index (Phi) is 6.79. The van der Waals surface area contributed by atoms with Crippen LogP contribution in [0.3, 0.4) is 0 Å². The summed E-state index contributed by atoms with van der Waals surface area (Å²) < 4.78 is 0.712. The average Bonchev–Trinajstić information content (AvgIpc) is 2.89. The normalized spacial score (nSPS) is 10.9. The number of nitrogens with one attached hydrogen (secondary N) is 2. The van der Waals surface area contributed by atoms with E-state index in [9.17, 15) is 4.79 Å². The van der Waals surface area contributed by atoms with Crippen molar-refractivity contribution in [3.63, 3.8) is 0 Å². The molecule has 0 aliphatic carbocycles. The highest BCUT2D eigenvalue weighted by Gasteiger charge is 2.12. The first-order chi connectivity index (χ1) is 10.8. The number of carbonyl (C=O) groups excluding carboxylic acids is 1. The molecule has 0 unspecified atom stereocenters. The van der Waals surface area contributed by atoms with Crippen LogP contribution in [-0.2, 0) is 4.79 Å². The number of amides is 1. The van der Waals surface area contributed by atoms with Gasteiger partial charge in [0.15, 0.2) is 4.34 Å². The van der Waals surface area contributed by atoms with Crippen LogP contribution < -0.4 is 10.6 Å². The number of rotatable bonds is 6. The van der Waals surface area contributed by atoms with Gasteiger partial charge in [-0.3, -0.25) is 4.79 Å². The van der Waals surface area contributed by atoms with Gasteiger partial charge in [0, 0.05) is 6.04 Å². The van der Waals surface area contributed by atoms with Crippen LogP contribution in [-0.4, -0.2) is 27.9 Å². The molecular weight excluding hydrogens is 399 g/mol. The molecule has 124 valence electrons. The smallest absolute Gasteiger partial charge is 0.234 e. The van der Waals surface area contributed by atoms with E-state index in [1.807, 2.05) is 13.8 Å². The van der Waals surface area contributed by atoms with Crippen molar-refractivity contribution in [1.29, 1.82) is 0 Å². The molecule has 0 radical (unpaired) electrons. The molecule has 0 fully saturated rings. The molecule has 0 atom stereocenters. The Hall–Kier alpha value is -0.730. The van der Waals surface area contributed by atoms with Crippen molar-refractivity contribution in [2.45, 2.75) is 24.2 Å². The third-order valence-corrected chi connectivity index (χ3v) is 5.45. The first kappa shape index (κ1) is 18.6. The van der Waals surface area contributed by atoms with E-state index in [0.29, 0.717) is 25.1 Å². The summed E-state index contributed by atoms with van der Waals surface area (Å²) in [5, 5.41) is 15.6. The molecular formula is C13H13Cl3N4OS2. The Morgan fingerprint density at radius 1 is 1.22 bits per heavy atom. The molecule has 0 saturated carbocycles. The highest BCUT2D eigenvalue weighted by atomic mass is 35.5. The molecule has 0 aliphatic heterocycles. The maximum Gasteiger partial charge on any atom is 0.234 e. The second-order valence-electron chi connectivity index (χ2n) is 4.76. The summed E-state index contributed by atoms with van der Waals surface area (Å²) in [4.78, 5) is 12.0. The number of halogens is 3. The molecule has 0 aliphatic rings. The molecule has 1 amide bonds. The van der Waals surface area contributed by atoms with Crippen LogP contribution in [0, 0.1) is 0 Å². The van der Waals surface area contributed by atoms with Gasteiger partial charge in [-0.2, -0.15) is 0 Å². The lowest BCUT2D eigenvalue weighted by Crippen LogP contribution is -2.14. The van der Waals surface area contributed by atoms with E-state index in [1.165, 1.54) is 35.2 Å². The molecule has 0 saturated heterocycles. The first-order valence-electron chi connectivity index (χ1n) is 6.52. The first-order valence-corrected chi connectivity index (χ1v) is 9.46. The summed E-state index contributed by atoms with van der Waals surface area (Å²) >= 11 is 20.5. The Balaban J connectivity index is 1.90. The molecule has 1 heterocycles. The topological polar surface area (TPSA) is 66.9 Å². The van der Waals surface area contributed by atoms with Crippen molar-refractivity contribution in [3.05, 3.63) is 27.2 Å². The molecule has 0 spiro atoms. The quantitative estimate of drug-likeness (QED) is 0.514. The second kappa shape index (κ2) is 8.39. The van der Waals surface area contributed by atoms with Gasteiger partial charge in [0.25, 0.3) is 0 Å². The Labute approximate surface area is 157 Å². The molecule has 10 heteroatoms. The van der Waals surface area contributed by atoms with Crippen molar-refractivity contribution < 1.29 is 4.79 Å². The molecule has 2 rings (SSSR count). The number of aromatic nitrogens is 2. The summed E-state index contributed by atoms with van der Waals surface area (Å²) in [6, 6.07) is 3.29. The third-order valence-electron chi connectivity index (χ3n) is 2.43. The van der Waals surface area contributed by atoms with Gasteiger partial charge in [0.05, 0.1) is 26.5 Å². The zero-order valence-corrected chi connectivity index (χ0v) is 16.1. The van der Waals surface area contributed by atoms with Crippen LogP contribution in [0.5, 0.6) is 0 Å². The largest absolute Gasteiger partial charge is 0.358 e. The van der Waals surface area contributed by atoms with Crippen LogP contribution in [0.15, 0.2) is 16.5 Å². The summed E-state index contributed by atoms with van der Waals surface area (Å²) in [5.74, 6) is -0.0313. The molecule has 23 heavy (non-hydrogen) atoms. The zero-order chi connectivity index (χ0) is 17.0. The van der Waals surface area contributed by atoms with Gasteiger partial charge in [-0.1, -0.05) is 57.9 Å². The fourth-order valence-corrected chi connectivity index (χ4v) is 3.80. The van der Waals surface area contributed by atoms with E-state index in [-0.39, 0.29) is 17.7 Å². The number of anilines is 2. The van der Waals surface area contributed by atoms with Crippen molar-refractivity contribution in [2.75, 3.05) is 16.4 Å². The maximum atomic E-state index is 12.0. The number of carbonyl (C=O) groups is 1. The maximum absolute atomic E-state index is 12.0. The van der Waals surface area contributed by atoms with Crippen molar-refractivity contribution in [2.24, 2.45) is 0 Å². The van der Waals surface area contributed by atoms with Crippen molar-refractivity contribution >= 4 is 74.6 Å². The van der Waals surface area contributed by atoms with E-state index in [0.717, 1.165) is 5.13 Å². The Morgan fingerprint density at radius 2 is 1.91 bits per heavy atom. The van der Waals surface area contributed by atoms with Crippen LogP contribution in [0.4, 0.5) is 10.8 Å². The van der Waals surface area contributed by atoms with Crippen LogP contribution in [0.2, 0.25) is 15.1 Å². The van der Waals surface area contributed by atoms with Gasteiger partial charge in [-0.05, 0) is 26.0 Å². The molecule has 0 bridgehead atoms. The van der Waals surface area contributed by atoms with E-state index in [4.69, 9.17) is 34.8 Å². The minimum atomic E-state index is -0.219. The van der Waals surface area contributed by atoms with Crippen LogP contribution in [0.1, 0.15) is 13.8 Å².